The lowest BCUT2D eigenvalue weighted by Crippen LogP contribution is -2.17. The maximum Gasteiger partial charge on any atom is 0.337 e. The average Bonchev–Trinajstić information content (AvgIpc) is 2.23. The van der Waals surface area contributed by atoms with Crippen molar-refractivity contribution in [3.8, 4) is 0 Å². The van der Waals surface area contributed by atoms with Crippen LogP contribution in [0.1, 0.15) is 10.4 Å². The Bertz CT molecular complexity index is 465. The van der Waals surface area contributed by atoms with Crippen LogP contribution in [0.3, 0.4) is 0 Å². The maximum atomic E-state index is 12.9. The van der Waals surface area contributed by atoms with Gasteiger partial charge in [-0.2, -0.15) is 11.8 Å². The minimum Gasteiger partial charge on any atom is -0.478 e. The van der Waals surface area contributed by atoms with Crippen LogP contribution < -0.4 is 5.32 Å². The molecule has 1 amide bonds. The number of aromatic carboxylic acids is 1. The summed E-state index contributed by atoms with van der Waals surface area (Å²) in [6.45, 7) is 0. The van der Waals surface area contributed by atoms with Crippen molar-refractivity contribution in [1.82, 2.24) is 0 Å². The first-order chi connectivity index (χ1) is 7.95. The van der Waals surface area contributed by atoms with Gasteiger partial charge in [0.2, 0.25) is 5.91 Å². The van der Waals surface area contributed by atoms with Crippen molar-refractivity contribution >= 4 is 29.3 Å². The summed E-state index contributed by atoms with van der Waals surface area (Å²) in [7, 11) is 0. The van der Waals surface area contributed by atoms with Gasteiger partial charge in [0.05, 0.1) is 17.0 Å². The predicted molar refractivity (Wildman–Crippen MR) is 60.3 cm³/mol. The summed E-state index contributed by atoms with van der Waals surface area (Å²) < 4.78 is 25.8. The van der Waals surface area contributed by atoms with Gasteiger partial charge < -0.3 is 10.4 Å². The van der Waals surface area contributed by atoms with Crippen molar-refractivity contribution in [3.63, 3.8) is 0 Å². The number of hydrogen-bond donors (Lipinski definition) is 2. The molecular weight excluding hydrogens is 252 g/mol. The SMILES string of the molecule is CSCC(=O)Nc1cc(F)c(F)cc1C(=O)O. The third-order valence-corrected chi connectivity index (χ3v) is 2.39. The minimum absolute atomic E-state index is 0.0953. The predicted octanol–water partition coefficient (Wildman–Crippen LogP) is 1.96. The monoisotopic (exact) mass is 261 g/mol. The molecule has 0 radical (unpaired) electrons. The van der Waals surface area contributed by atoms with E-state index in [1.54, 1.807) is 6.26 Å². The molecule has 0 saturated carbocycles. The summed E-state index contributed by atoms with van der Waals surface area (Å²) in [6, 6.07) is 1.18. The van der Waals surface area contributed by atoms with Crippen molar-refractivity contribution in [2.75, 3.05) is 17.3 Å². The molecule has 0 unspecified atom stereocenters. The summed E-state index contributed by atoms with van der Waals surface area (Å²) >= 11 is 1.22. The second kappa shape index (κ2) is 5.62. The average molecular weight is 261 g/mol. The van der Waals surface area contributed by atoms with Gasteiger partial charge in [0.1, 0.15) is 0 Å². The van der Waals surface area contributed by atoms with E-state index in [9.17, 15) is 18.4 Å². The Morgan fingerprint density at radius 3 is 2.47 bits per heavy atom. The quantitative estimate of drug-likeness (QED) is 0.869. The van der Waals surface area contributed by atoms with E-state index in [0.717, 1.165) is 0 Å². The molecule has 0 saturated heterocycles. The third-order valence-electron chi connectivity index (χ3n) is 1.84. The van der Waals surface area contributed by atoms with Crippen LogP contribution in [0.15, 0.2) is 12.1 Å². The summed E-state index contributed by atoms with van der Waals surface area (Å²) in [6.07, 6.45) is 1.68. The number of hydrogen-bond acceptors (Lipinski definition) is 3. The highest BCUT2D eigenvalue weighted by Crippen LogP contribution is 2.20. The van der Waals surface area contributed by atoms with Crippen LogP contribution in [0.4, 0.5) is 14.5 Å². The second-order valence-electron chi connectivity index (χ2n) is 3.10. The van der Waals surface area contributed by atoms with Gasteiger partial charge in [0.15, 0.2) is 11.6 Å². The van der Waals surface area contributed by atoms with Gasteiger partial charge in [0, 0.05) is 6.07 Å². The molecule has 0 atom stereocenters. The molecule has 0 aromatic heterocycles. The first-order valence-electron chi connectivity index (χ1n) is 4.46. The molecule has 0 heterocycles. The first-order valence-corrected chi connectivity index (χ1v) is 5.86. The summed E-state index contributed by atoms with van der Waals surface area (Å²) in [5, 5.41) is 11.0. The molecule has 0 bridgehead atoms. The molecule has 0 fully saturated rings. The molecular formula is C10H9F2NO3S. The molecule has 17 heavy (non-hydrogen) atoms. The van der Waals surface area contributed by atoms with E-state index in [1.807, 2.05) is 0 Å². The molecule has 0 aliphatic rings. The Balaban J connectivity index is 3.08. The van der Waals surface area contributed by atoms with E-state index in [2.05, 4.69) is 5.32 Å². The summed E-state index contributed by atoms with van der Waals surface area (Å²) in [4.78, 5) is 22.0. The molecule has 7 heteroatoms. The molecule has 4 nitrogen and oxygen atoms in total. The van der Waals surface area contributed by atoms with Gasteiger partial charge in [-0.15, -0.1) is 0 Å². The molecule has 1 rings (SSSR count). The topological polar surface area (TPSA) is 66.4 Å². The molecule has 0 aliphatic heterocycles. The van der Waals surface area contributed by atoms with Crippen LogP contribution in [-0.4, -0.2) is 29.0 Å². The highest BCUT2D eigenvalue weighted by Gasteiger charge is 2.16. The van der Waals surface area contributed by atoms with Gasteiger partial charge >= 0.3 is 5.97 Å². The number of anilines is 1. The highest BCUT2D eigenvalue weighted by atomic mass is 32.2. The zero-order valence-electron chi connectivity index (χ0n) is 8.79. The third kappa shape index (κ3) is 3.42. The summed E-state index contributed by atoms with van der Waals surface area (Å²) in [5.74, 6) is -4.31. The Morgan fingerprint density at radius 2 is 1.94 bits per heavy atom. The number of halogens is 2. The number of carboxylic acid groups (broad SMARTS) is 1. The largest absolute Gasteiger partial charge is 0.478 e. The Kier molecular flexibility index (Phi) is 4.45. The molecule has 0 spiro atoms. The Labute approximate surface area is 100 Å². The molecule has 1 aromatic rings. The number of amides is 1. The smallest absolute Gasteiger partial charge is 0.337 e. The van der Waals surface area contributed by atoms with E-state index in [4.69, 9.17) is 5.11 Å². The fraction of sp³-hybridized carbons (Fsp3) is 0.200. The zero-order chi connectivity index (χ0) is 13.0. The minimum atomic E-state index is -1.44. The maximum absolute atomic E-state index is 12.9. The van der Waals surface area contributed by atoms with Gasteiger partial charge in [-0.3, -0.25) is 4.79 Å². The van der Waals surface area contributed by atoms with Crippen molar-refractivity contribution in [2.24, 2.45) is 0 Å². The van der Waals surface area contributed by atoms with Crippen LogP contribution in [0.25, 0.3) is 0 Å². The molecule has 0 aliphatic carbocycles. The van der Waals surface area contributed by atoms with Gasteiger partial charge in [-0.1, -0.05) is 0 Å². The molecule has 92 valence electrons. The van der Waals surface area contributed by atoms with Crippen molar-refractivity contribution in [2.45, 2.75) is 0 Å². The first kappa shape index (κ1) is 13.4. The van der Waals surface area contributed by atoms with Gasteiger partial charge in [0.25, 0.3) is 0 Å². The van der Waals surface area contributed by atoms with Crippen LogP contribution in [-0.2, 0) is 4.79 Å². The summed E-state index contributed by atoms with van der Waals surface area (Å²) in [5.41, 5.74) is -0.742. The fourth-order valence-electron chi connectivity index (χ4n) is 1.14. The zero-order valence-corrected chi connectivity index (χ0v) is 9.61. The normalized spacial score (nSPS) is 10.1. The lowest BCUT2D eigenvalue weighted by Gasteiger charge is -2.08. The number of benzene rings is 1. The number of carbonyl (C=O) groups is 2. The van der Waals surface area contributed by atoms with Gasteiger partial charge in [-0.25, -0.2) is 13.6 Å². The van der Waals surface area contributed by atoms with Crippen LogP contribution >= 0.6 is 11.8 Å². The van der Waals surface area contributed by atoms with Crippen molar-refractivity contribution in [3.05, 3.63) is 29.3 Å². The molecule has 1 aromatic carbocycles. The van der Waals surface area contributed by atoms with Crippen LogP contribution in [0.2, 0.25) is 0 Å². The molecule has 2 N–H and O–H groups in total. The lowest BCUT2D eigenvalue weighted by molar-refractivity contribution is -0.113. The van der Waals surface area contributed by atoms with Crippen LogP contribution in [0.5, 0.6) is 0 Å². The number of nitrogens with one attached hydrogen (secondary N) is 1. The Morgan fingerprint density at radius 1 is 1.35 bits per heavy atom. The highest BCUT2D eigenvalue weighted by molar-refractivity contribution is 7.99. The number of carboxylic acids is 1. The Hall–Kier alpha value is -1.63. The number of thioether (sulfide) groups is 1. The van der Waals surface area contributed by atoms with Crippen molar-refractivity contribution in [1.29, 1.82) is 0 Å². The van der Waals surface area contributed by atoms with E-state index in [0.29, 0.717) is 12.1 Å². The second-order valence-corrected chi connectivity index (χ2v) is 3.96. The number of carbonyl (C=O) groups excluding carboxylic acids is 1. The van der Waals surface area contributed by atoms with Crippen LogP contribution in [0, 0.1) is 11.6 Å². The standard InChI is InChI=1S/C10H9F2NO3S/c1-17-4-9(14)13-8-3-7(12)6(11)2-5(8)10(15)16/h2-3H,4H2,1H3,(H,13,14)(H,15,16). The van der Waals surface area contributed by atoms with E-state index in [-0.39, 0.29) is 11.4 Å². The van der Waals surface area contributed by atoms with E-state index < -0.39 is 29.1 Å². The fourth-order valence-corrected chi connectivity index (χ4v) is 1.48. The van der Waals surface area contributed by atoms with Gasteiger partial charge in [-0.05, 0) is 12.3 Å². The van der Waals surface area contributed by atoms with E-state index in [1.165, 1.54) is 11.8 Å². The van der Waals surface area contributed by atoms with Crippen molar-refractivity contribution < 1.29 is 23.5 Å². The van der Waals surface area contributed by atoms with E-state index >= 15 is 0 Å². The lowest BCUT2D eigenvalue weighted by atomic mass is 10.1. The number of rotatable bonds is 4.